The molecule has 0 fully saturated rings. The lowest BCUT2D eigenvalue weighted by Crippen LogP contribution is -2.09. The highest BCUT2D eigenvalue weighted by molar-refractivity contribution is 6.33. The summed E-state index contributed by atoms with van der Waals surface area (Å²) in [5.41, 5.74) is 1.16. The lowest BCUT2D eigenvalue weighted by Gasteiger charge is -2.23. The first-order valence-corrected chi connectivity index (χ1v) is 5.64. The zero-order valence-electron chi connectivity index (χ0n) is 9.11. The number of carbonyl (C=O) groups is 1. The lowest BCUT2D eigenvalue weighted by atomic mass is 10.1. The summed E-state index contributed by atoms with van der Waals surface area (Å²) in [6.07, 6.45) is 0. The number of ether oxygens (including phenoxy) is 1. The van der Waals surface area contributed by atoms with Crippen molar-refractivity contribution in [1.29, 1.82) is 0 Å². The number of hydrogen-bond donors (Lipinski definition) is 2. The van der Waals surface area contributed by atoms with E-state index < -0.39 is 5.97 Å². The molecule has 3 rings (SSSR count). The molecule has 2 aromatic carbocycles. The highest BCUT2D eigenvalue weighted by Gasteiger charge is 2.23. The van der Waals surface area contributed by atoms with Gasteiger partial charge in [0.15, 0.2) is 11.5 Å². The van der Waals surface area contributed by atoms with Crippen LogP contribution < -0.4 is 10.1 Å². The Morgan fingerprint density at radius 1 is 1.11 bits per heavy atom. The highest BCUT2D eigenvalue weighted by Crippen LogP contribution is 2.46. The second-order valence-electron chi connectivity index (χ2n) is 3.82. The second kappa shape index (κ2) is 3.92. The van der Waals surface area contributed by atoms with Crippen LogP contribution in [0.2, 0.25) is 5.02 Å². The van der Waals surface area contributed by atoms with Gasteiger partial charge in [0.25, 0.3) is 0 Å². The van der Waals surface area contributed by atoms with Gasteiger partial charge in [0, 0.05) is 0 Å². The molecule has 18 heavy (non-hydrogen) atoms. The monoisotopic (exact) mass is 261 g/mol. The molecule has 2 N–H and O–H groups in total. The van der Waals surface area contributed by atoms with Crippen LogP contribution in [0.5, 0.6) is 11.5 Å². The smallest absolute Gasteiger partial charge is 0.337 e. The SMILES string of the molecule is O=C(O)c1cccc2c1Nc1c(Cl)cccc1O2. The first-order chi connectivity index (χ1) is 8.66. The Morgan fingerprint density at radius 3 is 2.50 bits per heavy atom. The molecule has 0 atom stereocenters. The van der Waals surface area contributed by atoms with Crippen molar-refractivity contribution in [3.8, 4) is 11.5 Å². The summed E-state index contributed by atoms with van der Waals surface area (Å²) < 4.78 is 5.64. The fraction of sp³-hybridized carbons (Fsp3) is 0. The maximum Gasteiger partial charge on any atom is 0.337 e. The minimum atomic E-state index is -1.02. The summed E-state index contributed by atoms with van der Waals surface area (Å²) >= 11 is 6.05. The van der Waals surface area contributed by atoms with Gasteiger partial charge in [-0.3, -0.25) is 0 Å². The van der Waals surface area contributed by atoms with Gasteiger partial charge in [-0.1, -0.05) is 23.7 Å². The molecular formula is C13H8ClNO3. The molecule has 0 aromatic heterocycles. The van der Waals surface area contributed by atoms with Crippen LogP contribution in [-0.4, -0.2) is 11.1 Å². The zero-order valence-corrected chi connectivity index (χ0v) is 9.86. The fourth-order valence-electron chi connectivity index (χ4n) is 1.88. The quantitative estimate of drug-likeness (QED) is 0.698. The van der Waals surface area contributed by atoms with Gasteiger partial charge >= 0.3 is 5.97 Å². The van der Waals surface area contributed by atoms with Gasteiger partial charge in [0.05, 0.1) is 16.3 Å². The predicted octanol–water partition coefficient (Wildman–Crippen LogP) is 3.89. The number of halogens is 1. The number of fused-ring (bicyclic) bond motifs is 2. The Labute approximate surface area is 108 Å². The van der Waals surface area contributed by atoms with Crippen LogP contribution in [-0.2, 0) is 0 Å². The fourth-order valence-corrected chi connectivity index (χ4v) is 2.09. The second-order valence-corrected chi connectivity index (χ2v) is 4.23. The number of carboxylic acids is 1. The third kappa shape index (κ3) is 1.58. The van der Waals surface area contributed by atoms with Crippen molar-refractivity contribution in [2.24, 2.45) is 0 Å². The van der Waals surface area contributed by atoms with E-state index in [2.05, 4.69) is 5.32 Å². The van der Waals surface area contributed by atoms with Crippen LogP contribution >= 0.6 is 11.6 Å². The van der Waals surface area contributed by atoms with E-state index in [9.17, 15) is 4.79 Å². The average molecular weight is 262 g/mol. The van der Waals surface area contributed by atoms with Gasteiger partial charge in [-0.25, -0.2) is 4.79 Å². The average Bonchev–Trinajstić information content (AvgIpc) is 2.36. The molecule has 5 heteroatoms. The maximum atomic E-state index is 11.1. The number of anilines is 2. The van der Waals surface area contributed by atoms with Crippen molar-refractivity contribution >= 4 is 28.9 Å². The van der Waals surface area contributed by atoms with Crippen molar-refractivity contribution in [1.82, 2.24) is 0 Å². The molecule has 1 heterocycles. The van der Waals surface area contributed by atoms with Gasteiger partial charge in [-0.2, -0.15) is 0 Å². The van der Waals surface area contributed by atoms with Crippen molar-refractivity contribution in [2.45, 2.75) is 0 Å². The predicted molar refractivity (Wildman–Crippen MR) is 68.2 cm³/mol. The van der Waals surface area contributed by atoms with Crippen molar-refractivity contribution in [3.05, 3.63) is 47.0 Å². The molecule has 0 aliphatic carbocycles. The van der Waals surface area contributed by atoms with E-state index in [1.165, 1.54) is 6.07 Å². The third-order valence-corrected chi connectivity index (χ3v) is 3.02. The van der Waals surface area contributed by atoms with Crippen LogP contribution in [0.1, 0.15) is 10.4 Å². The van der Waals surface area contributed by atoms with Crippen LogP contribution in [0, 0.1) is 0 Å². The van der Waals surface area contributed by atoms with Crippen molar-refractivity contribution < 1.29 is 14.6 Å². The summed E-state index contributed by atoms with van der Waals surface area (Å²) in [5.74, 6) is 0.0423. The van der Waals surface area contributed by atoms with Gasteiger partial charge < -0.3 is 15.2 Å². The number of rotatable bonds is 1. The van der Waals surface area contributed by atoms with E-state index in [0.717, 1.165) is 0 Å². The molecule has 1 aliphatic heterocycles. The molecule has 0 amide bonds. The molecule has 0 bridgehead atoms. The Morgan fingerprint density at radius 2 is 1.78 bits per heavy atom. The summed E-state index contributed by atoms with van der Waals surface area (Å²) in [7, 11) is 0. The van der Waals surface area contributed by atoms with Gasteiger partial charge in [0.2, 0.25) is 0 Å². The Balaban J connectivity index is 2.17. The zero-order chi connectivity index (χ0) is 12.7. The molecule has 2 aromatic rings. The van der Waals surface area contributed by atoms with Crippen molar-refractivity contribution in [2.75, 3.05) is 5.32 Å². The van der Waals surface area contributed by atoms with Gasteiger partial charge in [-0.05, 0) is 24.3 Å². The standard InChI is InChI=1S/C13H8ClNO3/c14-8-4-2-6-10-12(8)15-11-7(13(16)17)3-1-5-9(11)18-10/h1-6,15H,(H,16,17). The van der Waals surface area contributed by atoms with Crippen molar-refractivity contribution in [3.63, 3.8) is 0 Å². The Kier molecular flexibility index (Phi) is 2.38. The molecular weight excluding hydrogens is 254 g/mol. The molecule has 1 aliphatic rings. The summed E-state index contributed by atoms with van der Waals surface area (Å²) in [6, 6.07) is 10.1. The molecule has 0 spiro atoms. The number of para-hydroxylation sites is 2. The largest absolute Gasteiger partial charge is 0.478 e. The number of aromatic carboxylic acids is 1. The molecule has 4 nitrogen and oxygen atoms in total. The molecule has 0 saturated heterocycles. The molecule has 0 saturated carbocycles. The number of carboxylic acid groups (broad SMARTS) is 1. The highest BCUT2D eigenvalue weighted by atomic mass is 35.5. The van der Waals surface area contributed by atoms with Gasteiger partial charge in [0.1, 0.15) is 5.69 Å². The van der Waals surface area contributed by atoms with Crippen LogP contribution in [0.25, 0.3) is 0 Å². The summed E-state index contributed by atoms with van der Waals surface area (Å²) in [4.78, 5) is 11.1. The first-order valence-electron chi connectivity index (χ1n) is 5.26. The molecule has 90 valence electrons. The first kappa shape index (κ1) is 10.9. The van der Waals surface area contributed by atoms with E-state index in [4.69, 9.17) is 21.4 Å². The molecule has 0 unspecified atom stereocenters. The van der Waals surface area contributed by atoms with E-state index >= 15 is 0 Å². The van der Waals surface area contributed by atoms with E-state index in [-0.39, 0.29) is 5.56 Å². The maximum absolute atomic E-state index is 11.1. The van der Waals surface area contributed by atoms with E-state index in [1.807, 2.05) is 0 Å². The number of benzene rings is 2. The normalized spacial score (nSPS) is 11.8. The van der Waals surface area contributed by atoms with Gasteiger partial charge in [-0.15, -0.1) is 0 Å². The number of hydrogen-bond acceptors (Lipinski definition) is 3. The summed E-state index contributed by atoms with van der Waals surface area (Å²) in [6.45, 7) is 0. The Bertz CT molecular complexity index is 655. The van der Waals surface area contributed by atoms with Crippen LogP contribution in [0.3, 0.4) is 0 Å². The topological polar surface area (TPSA) is 58.6 Å². The van der Waals surface area contributed by atoms with Crippen LogP contribution in [0.4, 0.5) is 11.4 Å². The van der Waals surface area contributed by atoms with E-state index in [0.29, 0.717) is 27.9 Å². The summed E-state index contributed by atoms with van der Waals surface area (Å²) in [5, 5.41) is 12.6. The molecule has 0 radical (unpaired) electrons. The number of nitrogens with one attached hydrogen (secondary N) is 1. The lowest BCUT2D eigenvalue weighted by molar-refractivity contribution is 0.0697. The van der Waals surface area contributed by atoms with E-state index in [1.54, 1.807) is 30.3 Å². The van der Waals surface area contributed by atoms with Crippen LogP contribution in [0.15, 0.2) is 36.4 Å². The minimum absolute atomic E-state index is 0.151. The Hall–Kier alpha value is -2.20. The minimum Gasteiger partial charge on any atom is -0.478 e. The third-order valence-electron chi connectivity index (χ3n) is 2.70.